The van der Waals surface area contributed by atoms with Crippen LogP contribution in [-0.2, 0) is 15.0 Å². The van der Waals surface area contributed by atoms with Gasteiger partial charge in [-0.05, 0) is 51.7 Å². The Morgan fingerprint density at radius 1 is 1.11 bits per heavy atom. The molecule has 3 saturated heterocycles. The Labute approximate surface area is 222 Å². The Morgan fingerprint density at radius 3 is 2.53 bits per heavy atom. The Hall–Kier alpha value is -3.74. The molecule has 6 aliphatic rings. The molecule has 4 aliphatic heterocycles. The second kappa shape index (κ2) is 7.88. The second-order valence-electron chi connectivity index (χ2n) is 12.0. The number of rotatable bonds is 3. The average Bonchev–Trinajstić information content (AvgIpc) is 3.46. The quantitative estimate of drug-likeness (QED) is 0.617. The number of pyridine rings is 1. The van der Waals surface area contributed by atoms with Crippen LogP contribution >= 0.6 is 0 Å². The molecule has 2 amide bonds. The highest BCUT2D eigenvalue weighted by Gasteiger charge is 2.65. The molecule has 196 valence electrons. The highest BCUT2D eigenvalue weighted by atomic mass is 16.2. The van der Waals surface area contributed by atoms with Crippen LogP contribution < -0.4 is 9.80 Å². The lowest BCUT2D eigenvalue weighted by atomic mass is 9.66. The van der Waals surface area contributed by atoms with Gasteiger partial charge in [0.25, 0.3) is 0 Å². The predicted molar refractivity (Wildman–Crippen MR) is 140 cm³/mol. The maximum Gasteiger partial charge on any atom is 0.248 e. The van der Waals surface area contributed by atoms with Crippen LogP contribution in [0.3, 0.4) is 0 Å². The van der Waals surface area contributed by atoms with E-state index < -0.39 is 5.54 Å². The predicted octanol–water partition coefficient (Wildman–Crippen LogP) is 2.36. The number of carbonyl (C=O) groups excluding carboxylic acids is 2. The summed E-state index contributed by atoms with van der Waals surface area (Å²) in [5, 5.41) is 9.43. The van der Waals surface area contributed by atoms with Crippen molar-refractivity contribution in [3.8, 4) is 6.07 Å². The van der Waals surface area contributed by atoms with Crippen LogP contribution in [-0.4, -0.2) is 80.9 Å². The molecule has 0 N–H and O–H groups in total. The van der Waals surface area contributed by atoms with Gasteiger partial charge in [0, 0.05) is 61.9 Å². The van der Waals surface area contributed by atoms with Gasteiger partial charge in [-0.1, -0.05) is 6.42 Å². The molecular formula is C28H32N8O2. The first-order valence-corrected chi connectivity index (χ1v) is 13.6. The van der Waals surface area contributed by atoms with Gasteiger partial charge >= 0.3 is 0 Å². The van der Waals surface area contributed by atoms with E-state index in [4.69, 9.17) is 9.97 Å². The topological polar surface area (TPSA) is 110 Å². The van der Waals surface area contributed by atoms with Crippen LogP contribution in [0.5, 0.6) is 0 Å². The number of nitriles is 1. The van der Waals surface area contributed by atoms with E-state index in [0.717, 1.165) is 43.3 Å². The number of fused-ring (bicyclic) bond motifs is 3. The first-order chi connectivity index (χ1) is 18.3. The molecule has 2 aliphatic carbocycles. The molecule has 38 heavy (non-hydrogen) atoms. The summed E-state index contributed by atoms with van der Waals surface area (Å²) in [6.07, 6.45) is 7.93. The molecule has 10 heteroatoms. The third-order valence-corrected chi connectivity index (χ3v) is 9.92. The number of likely N-dealkylation sites (N-methyl/N-ethyl adjacent to an activating group) is 1. The standard InChI is InChI=1S/C28H32N8O2/c1-17-14-35(26(38)28-10-20(11-28)25(37)33(28)3)18(2)13-34(17)23-22-24(32-16-31-23)36(15-27(22)6-4-7-27)21-9-19(12-29)5-8-30-21/h5,8-9,16-18,20H,4,6-7,10-11,13-15H2,1-3H3/t17-,18+,20?,28?/m0/s1. The number of anilines is 3. The van der Waals surface area contributed by atoms with Gasteiger partial charge in [-0.25, -0.2) is 15.0 Å². The molecule has 2 atom stereocenters. The van der Waals surface area contributed by atoms with Crippen molar-refractivity contribution in [2.45, 2.75) is 69.0 Å². The van der Waals surface area contributed by atoms with Gasteiger partial charge in [0.05, 0.1) is 11.6 Å². The summed E-state index contributed by atoms with van der Waals surface area (Å²) in [7, 11) is 1.78. The third-order valence-electron chi connectivity index (χ3n) is 9.92. The Morgan fingerprint density at radius 2 is 1.87 bits per heavy atom. The maximum atomic E-state index is 13.8. The zero-order chi connectivity index (χ0) is 26.4. The molecule has 0 unspecified atom stereocenters. The van der Waals surface area contributed by atoms with Crippen molar-refractivity contribution in [1.82, 2.24) is 24.8 Å². The molecule has 1 spiro atoms. The summed E-state index contributed by atoms with van der Waals surface area (Å²) in [6.45, 7) is 6.30. The zero-order valence-corrected chi connectivity index (χ0v) is 22.1. The summed E-state index contributed by atoms with van der Waals surface area (Å²) in [5.74, 6) is 2.80. The van der Waals surface area contributed by atoms with E-state index in [0.29, 0.717) is 31.5 Å². The van der Waals surface area contributed by atoms with Crippen molar-refractivity contribution in [3.63, 3.8) is 0 Å². The number of aromatic nitrogens is 3. The number of nitrogens with zero attached hydrogens (tertiary/aromatic N) is 8. The fourth-order valence-corrected chi connectivity index (χ4v) is 7.54. The fourth-order valence-electron chi connectivity index (χ4n) is 7.54. The van der Waals surface area contributed by atoms with Crippen LogP contribution in [0.1, 0.15) is 57.1 Å². The number of piperazine rings is 1. The SMILES string of the molecule is C[C@@H]1CN(c2ncnc3c2C2(CCC2)CN3c2cc(C#N)ccn2)[C@@H](C)CN1C(=O)C12CC(C1)C(=O)N2C. The summed E-state index contributed by atoms with van der Waals surface area (Å²) in [4.78, 5) is 48.5. The Balaban J connectivity index is 1.21. The molecule has 8 rings (SSSR count). The lowest BCUT2D eigenvalue weighted by molar-refractivity contribution is -0.149. The van der Waals surface area contributed by atoms with Crippen LogP contribution in [0.15, 0.2) is 24.7 Å². The van der Waals surface area contributed by atoms with Gasteiger partial charge in [0.1, 0.15) is 29.3 Å². The monoisotopic (exact) mass is 512 g/mol. The zero-order valence-electron chi connectivity index (χ0n) is 22.1. The number of hydrogen-bond donors (Lipinski definition) is 0. The lowest BCUT2D eigenvalue weighted by Gasteiger charge is -2.50. The average molecular weight is 513 g/mol. The van der Waals surface area contributed by atoms with Crippen LogP contribution in [0, 0.1) is 17.2 Å². The van der Waals surface area contributed by atoms with Gasteiger partial charge in [-0.2, -0.15) is 5.26 Å². The fraction of sp³-hybridized carbons (Fsp3) is 0.571. The summed E-state index contributed by atoms with van der Waals surface area (Å²) >= 11 is 0. The molecule has 2 aromatic rings. The van der Waals surface area contributed by atoms with Gasteiger partial charge in [0.2, 0.25) is 11.8 Å². The van der Waals surface area contributed by atoms with Crippen molar-refractivity contribution in [2.75, 3.05) is 36.5 Å². The van der Waals surface area contributed by atoms with Crippen molar-refractivity contribution < 1.29 is 9.59 Å². The Kier molecular flexibility index (Phi) is 4.85. The molecule has 2 bridgehead atoms. The summed E-state index contributed by atoms with van der Waals surface area (Å²) in [5.41, 5.74) is 1.08. The molecule has 0 radical (unpaired) electrons. The second-order valence-corrected chi connectivity index (χ2v) is 12.0. The van der Waals surface area contributed by atoms with Crippen molar-refractivity contribution in [3.05, 3.63) is 35.8 Å². The van der Waals surface area contributed by atoms with Gasteiger partial charge in [0.15, 0.2) is 0 Å². The van der Waals surface area contributed by atoms with Crippen LogP contribution in [0.25, 0.3) is 0 Å². The molecular weight excluding hydrogens is 480 g/mol. The normalized spacial score (nSPS) is 30.7. The molecule has 2 aromatic heterocycles. The van der Waals surface area contributed by atoms with Crippen molar-refractivity contribution in [2.24, 2.45) is 5.92 Å². The minimum Gasteiger partial charge on any atom is -0.350 e. The van der Waals surface area contributed by atoms with E-state index in [9.17, 15) is 14.9 Å². The minimum absolute atomic E-state index is 0.00864. The summed E-state index contributed by atoms with van der Waals surface area (Å²) < 4.78 is 0. The van der Waals surface area contributed by atoms with Crippen molar-refractivity contribution >= 4 is 29.3 Å². The van der Waals surface area contributed by atoms with Crippen LogP contribution in [0.4, 0.5) is 17.5 Å². The van der Waals surface area contributed by atoms with Gasteiger partial charge < -0.3 is 19.6 Å². The van der Waals surface area contributed by atoms with Crippen LogP contribution in [0.2, 0.25) is 0 Å². The first-order valence-electron chi connectivity index (χ1n) is 13.6. The molecule has 6 heterocycles. The van der Waals surface area contributed by atoms with Gasteiger partial charge in [-0.3, -0.25) is 9.59 Å². The molecule has 10 nitrogen and oxygen atoms in total. The third kappa shape index (κ3) is 2.96. The van der Waals surface area contributed by atoms with E-state index in [2.05, 4.69) is 34.7 Å². The molecule has 0 aromatic carbocycles. The first kappa shape index (κ1) is 23.4. The minimum atomic E-state index is -0.643. The van der Waals surface area contributed by atoms with Crippen molar-refractivity contribution in [1.29, 1.82) is 5.26 Å². The van der Waals surface area contributed by atoms with E-state index >= 15 is 0 Å². The van der Waals surface area contributed by atoms with E-state index in [1.54, 1.807) is 30.5 Å². The Bertz CT molecular complexity index is 1390. The number of hydrogen-bond acceptors (Lipinski definition) is 8. The molecule has 5 fully saturated rings. The highest BCUT2D eigenvalue weighted by Crippen LogP contribution is 2.56. The number of amides is 2. The van der Waals surface area contributed by atoms with E-state index in [-0.39, 0.29) is 35.2 Å². The van der Waals surface area contributed by atoms with Gasteiger partial charge in [-0.15, -0.1) is 0 Å². The van der Waals surface area contributed by atoms with E-state index in [1.807, 2.05) is 11.0 Å². The highest BCUT2D eigenvalue weighted by molar-refractivity contribution is 6.00. The maximum absolute atomic E-state index is 13.8. The smallest absolute Gasteiger partial charge is 0.248 e. The molecule has 2 saturated carbocycles. The largest absolute Gasteiger partial charge is 0.350 e. The lowest BCUT2D eigenvalue weighted by Crippen LogP contribution is -2.65. The van der Waals surface area contributed by atoms with E-state index in [1.165, 1.54) is 5.56 Å². The number of carbonyl (C=O) groups is 2. The summed E-state index contributed by atoms with van der Waals surface area (Å²) in [6, 6.07) is 5.82.